The average molecular weight is 378 g/mol. The highest BCUT2D eigenvalue weighted by molar-refractivity contribution is 6.30. The Morgan fingerprint density at radius 1 is 1.31 bits per heavy atom. The summed E-state index contributed by atoms with van der Waals surface area (Å²) in [6.45, 7) is 2.97. The fraction of sp³-hybridized carbons (Fsp3) is 0.412. The zero-order valence-electron chi connectivity index (χ0n) is 14.4. The van der Waals surface area contributed by atoms with Crippen molar-refractivity contribution in [3.63, 3.8) is 0 Å². The molecule has 1 N–H and O–H groups in total. The first-order chi connectivity index (χ1) is 12.5. The van der Waals surface area contributed by atoms with Gasteiger partial charge in [-0.05, 0) is 38.3 Å². The first-order valence-corrected chi connectivity index (χ1v) is 8.85. The van der Waals surface area contributed by atoms with Crippen LogP contribution >= 0.6 is 11.6 Å². The third-order valence-corrected chi connectivity index (χ3v) is 4.49. The Bertz CT molecular complexity index is 774. The van der Waals surface area contributed by atoms with Gasteiger partial charge < -0.3 is 15.0 Å². The largest absolute Gasteiger partial charge is 0.418 e. The number of carbonyl (C=O) groups is 2. The molecule has 1 saturated heterocycles. The van der Waals surface area contributed by atoms with Crippen molar-refractivity contribution in [2.75, 3.05) is 13.1 Å². The summed E-state index contributed by atoms with van der Waals surface area (Å²) in [4.78, 5) is 29.6. The van der Waals surface area contributed by atoms with E-state index in [-0.39, 0.29) is 5.15 Å². The second-order valence-electron chi connectivity index (χ2n) is 6.10. The SMILES string of the molecule is CC(NC(=O)OC(=O)N1CCCCC1)c1cn(-c2cccnc2)nc1Cl. The van der Waals surface area contributed by atoms with Gasteiger partial charge in [0.2, 0.25) is 0 Å². The van der Waals surface area contributed by atoms with Crippen molar-refractivity contribution < 1.29 is 14.3 Å². The van der Waals surface area contributed by atoms with Gasteiger partial charge in [-0.25, -0.2) is 14.3 Å². The summed E-state index contributed by atoms with van der Waals surface area (Å²) in [7, 11) is 0. The lowest BCUT2D eigenvalue weighted by Crippen LogP contribution is -2.39. The number of hydrogen-bond donors (Lipinski definition) is 1. The molecule has 1 atom stereocenters. The fourth-order valence-electron chi connectivity index (χ4n) is 2.78. The number of amides is 2. The lowest BCUT2D eigenvalue weighted by molar-refractivity contribution is 0.110. The Morgan fingerprint density at radius 3 is 2.77 bits per heavy atom. The molecule has 0 radical (unpaired) electrons. The van der Waals surface area contributed by atoms with Gasteiger partial charge in [0.15, 0.2) is 5.15 Å². The monoisotopic (exact) mass is 377 g/mol. The number of aromatic nitrogens is 3. The lowest BCUT2D eigenvalue weighted by atomic mass is 10.1. The molecule has 9 heteroatoms. The van der Waals surface area contributed by atoms with Gasteiger partial charge in [0.1, 0.15) is 0 Å². The Hall–Kier alpha value is -2.61. The molecule has 3 rings (SSSR count). The van der Waals surface area contributed by atoms with Crippen LogP contribution in [-0.4, -0.2) is 44.9 Å². The van der Waals surface area contributed by atoms with Crippen molar-refractivity contribution in [3.05, 3.63) is 41.4 Å². The lowest BCUT2D eigenvalue weighted by Gasteiger charge is -2.25. The maximum absolute atomic E-state index is 12.0. The van der Waals surface area contributed by atoms with Crippen LogP contribution in [0.4, 0.5) is 9.59 Å². The van der Waals surface area contributed by atoms with E-state index in [4.69, 9.17) is 16.3 Å². The van der Waals surface area contributed by atoms with E-state index in [9.17, 15) is 9.59 Å². The number of likely N-dealkylation sites (tertiary alicyclic amines) is 1. The minimum atomic E-state index is -0.807. The summed E-state index contributed by atoms with van der Waals surface area (Å²) >= 11 is 6.18. The smallest absolute Gasteiger partial charge is 0.359 e. The number of hydrogen-bond acceptors (Lipinski definition) is 5. The zero-order chi connectivity index (χ0) is 18.5. The van der Waals surface area contributed by atoms with Crippen molar-refractivity contribution in [3.8, 4) is 5.69 Å². The molecule has 2 amide bonds. The molecule has 1 aliphatic rings. The molecule has 0 saturated carbocycles. The molecule has 0 aliphatic carbocycles. The Kier molecular flexibility index (Phi) is 5.72. The highest BCUT2D eigenvalue weighted by Crippen LogP contribution is 2.23. The van der Waals surface area contributed by atoms with E-state index >= 15 is 0 Å². The predicted octanol–water partition coefficient (Wildman–Crippen LogP) is 3.31. The predicted molar refractivity (Wildman–Crippen MR) is 95.2 cm³/mol. The van der Waals surface area contributed by atoms with Crippen LogP contribution in [0.1, 0.15) is 37.8 Å². The van der Waals surface area contributed by atoms with Crippen LogP contribution in [-0.2, 0) is 4.74 Å². The average Bonchev–Trinajstić information content (AvgIpc) is 3.05. The summed E-state index contributed by atoms with van der Waals surface area (Å²) < 4.78 is 6.45. The van der Waals surface area contributed by atoms with Crippen molar-refractivity contribution in [1.82, 2.24) is 25.0 Å². The molecule has 1 fully saturated rings. The number of alkyl carbamates (subject to hydrolysis) is 1. The normalized spacial score (nSPS) is 15.4. The molecule has 3 heterocycles. The van der Waals surface area contributed by atoms with Crippen LogP contribution in [0.25, 0.3) is 5.69 Å². The molecule has 2 aromatic rings. The fourth-order valence-corrected chi connectivity index (χ4v) is 3.08. The molecule has 8 nitrogen and oxygen atoms in total. The van der Waals surface area contributed by atoms with E-state index in [1.807, 2.05) is 6.07 Å². The molecule has 0 bridgehead atoms. The van der Waals surface area contributed by atoms with E-state index in [1.165, 1.54) is 0 Å². The summed E-state index contributed by atoms with van der Waals surface area (Å²) in [6.07, 6.45) is 6.53. The van der Waals surface area contributed by atoms with Gasteiger partial charge in [0, 0.05) is 31.0 Å². The Balaban J connectivity index is 1.60. The molecule has 0 spiro atoms. The summed E-state index contributed by atoms with van der Waals surface area (Å²) in [5.74, 6) is 0. The van der Waals surface area contributed by atoms with Crippen LogP contribution in [0, 0.1) is 0 Å². The number of carbonyl (C=O) groups excluding carboxylic acids is 2. The van der Waals surface area contributed by atoms with E-state index in [0.29, 0.717) is 18.7 Å². The minimum Gasteiger partial charge on any atom is -0.359 e. The zero-order valence-corrected chi connectivity index (χ0v) is 15.1. The number of piperidine rings is 1. The van der Waals surface area contributed by atoms with Crippen LogP contribution in [0.3, 0.4) is 0 Å². The van der Waals surface area contributed by atoms with Gasteiger partial charge in [-0.1, -0.05) is 11.6 Å². The standard InChI is InChI=1S/C17H20ClN5O3/c1-12(20-16(24)26-17(25)22-8-3-2-4-9-22)14-11-23(21-15(14)18)13-6-5-7-19-10-13/h5-7,10-12H,2-4,8-9H2,1H3,(H,20,24). The highest BCUT2D eigenvalue weighted by atomic mass is 35.5. The maximum Gasteiger partial charge on any atom is 0.418 e. The van der Waals surface area contributed by atoms with E-state index in [1.54, 1.807) is 41.2 Å². The summed E-state index contributed by atoms with van der Waals surface area (Å²) in [6, 6.07) is 3.15. The number of ether oxygens (including phenoxy) is 1. The first-order valence-electron chi connectivity index (χ1n) is 8.47. The van der Waals surface area contributed by atoms with E-state index < -0.39 is 18.2 Å². The number of halogens is 1. The number of pyridine rings is 1. The van der Waals surface area contributed by atoms with Crippen LogP contribution in [0.15, 0.2) is 30.7 Å². The van der Waals surface area contributed by atoms with Crippen molar-refractivity contribution in [1.29, 1.82) is 0 Å². The topological polar surface area (TPSA) is 89.4 Å². The van der Waals surface area contributed by atoms with Crippen molar-refractivity contribution >= 4 is 23.8 Å². The van der Waals surface area contributed by atoms with E-state index in [2.05, 4.69) is 15.4 Å². The third-order valence-electron chi connectivity index (χ3n) is 4.20. The van der Waals surface area contributed by atoms with Gasteiger partial charge in [0.05, 0.1) is 17.9 Å². The molecule has 0 aromatic carbocycles. The molecule has 1 aliphatic heterocycles. The minimum absolute atomic E-state index is 0.254. The number of rotatable bonds is 3. The van der Waals surface area contributed by atoms with Gasteiger partial charge in [-0.2, -0.15) is 5.10 Å². The summed E-state index contributed by atoms with van der Waals surface area (Å²) in [5, 5.41) is 7.08. The summed E-state index contributed by atoms with van der Waals surface area (Å²) in [5.41, 5.74) is 1.36. The quantitative estimate of drug-likeness (QED) is 0.829. The van der Waals surface area contributed by atoms with Gasteiger partial charge >= 0.3 is 12.2 Å². The van der Waals surface area contributed by atoms with Gasteiger partial charge in [-0.3, -0.25) is 4.98 Å². The molecule has 1 unspecified atom stereocenters. The van der Waals surface area contributed by atoms with Crippen molar-refractivity contribution in [2.45, 2.75) is 32.2 Å². The van der Waals surface area contributed by atoms with Crippen LogP contribution in [0.5, 0.6) is 0 Å². The molecule has 2 aromatic heterocycles. The molecular formula is C17H20ClN5O3. The number of nitrogens with one attached hydrogen (secondary N) is 1. The second kappa shape index (κ2) is 8.18. The van der Waals surface area contributed by atoms with Gasteiger partial charge in [-0.15, -0.1) is 0 Å². The maximum atomic E-state index is 12.0. The first kappa shape index (κ1) is 18.2. The molecular weight excluding hydrogens is 358 g/mol. The van der Waals surface area contributed by atoms with Crippen LogP contribution in [0.2, 0.25) is 5.15 Å². The Labute approximate surface area is 156 Å². The van der Waals surface area contributed by atoms with Crippen LogP contribution < -0.4 is 5.32 Å². The number of nitrogens with zero attached hydrogens (tertiary/aromatic N) is 4. The second-order valence-corrected chi connectivity index (χ2v) is 6.46. The molecule has 26 heavy (non-hydrogen) atoms. The van der Waals surface area contributed by atoms with E-state index in [0.717, 1.165) is 24.9 Å². The molecule has 138 valence electrons. The Morgan fingerprint density at radius 2 is 2.08 bits per heavy atom. The highest BCUT2D eigenvalue weighted by Gasteiger charge is 2.23. The van der Waals surface area contributed by atoms with Crippen molar-refractivity contribution in [2.24, 2.45) is 0 Å². The third kappa shape index (κ3) is 4.32. The van der Waals surface area contributed by atoms with Gasteiger partial charge in [0.25, 0.3) is 0 Å².